The first-order valence-electron chi connectivity index (χ1n) is 7.48. The van der Waals surface area contributed by atoms with E-state index in [1.165, 1.54) is 12.1 Å². The molecule has 1 aliphatic rings. The Morgan fingerprint density at radius 3 is 2.64 bits per heavy atom. The highest BCUT2D eigenvalue weighted by Gasteiger charge is 2.31. The Balaban J connectivity index is 1.96. The molecule has 2 aromatic carbocycles. The van der Waals surface area contributed by atoms with Crippen molar-refractivity contribution >= 4 is 22.7 Å². The van der Waals surface area contributed by atoms with Crippen molar-refractivity contribution in [2.24, 2.45) is 5.73 Å². The SMILES string of the molecule is N#CC1=C(N)Nc2nc3ccccc3n2[C@H]1c1ccc([N+](=O)[O-])cc1. The fourth-order valence-corrected chi connectivity index (χ4v) is 3.07. The maximum atomic E-state index is 10.9. The van der Waals surface area contributed by atoms with Gasteiger partial charge in [0.1, 0.15) is 17.9 Å². The van der Waals surface area contributed by atoms with Gasteiger partial charge < -0.3 is 11.1 Å². The van der Waals surface area contributed by atoms with Crippen LogP contribution in [0.15, 0.2) is 59.9 Å². The zero-order chi connectivity index (χ0) is 17.6. The molecule has 1 aromatic heterocycles. The second-order valence-electron chi connectivity index (χ2n) is 5.61. The van der Waals surface area contributed by atoms with Crippen LogP contribution in [-0.4, -0.2) is 14.5 Å². The average Bonchev–Trinajstić information content (AvgIpc) is 2.98. The Kier molecular flexibility index (Phi) is 3.15. The number of anilines is 1. The zero-order valence-corrected chi connectivity index (χ0v) is 12.9. The van der Waals surface area contributed by atoms with Crippen LogP contribution in [0.1, 0.15) is 11.6 Å². The van der Waals surface area contributed by atoms with Crippen LogP contribution in [0.25, 0.3) is 11.0 Å². The zero-order valence-electron chi connectivity index (χ0n) is 12.9. The lowest BCUT2D eigenvalue weighted by molar-refractivity contribution is -0.384. The number of nitro benzene ring substituents is 1. The Bertz CT molecular complexity index is 1070. The smallest absolute Gasteiger partial charge is 0.269 e. The molecule has 8 nitrogen and oxygen atoms in total. The highest BCUT2D eigenvalue weighted by atomic mass is 16.6. The molecule has 3 aromatic rings. The summed E-state index contributed by atoms with van der Waals surface area (Å²) >= 11 is 0. The number of nitrogens with zero attached hydrogens (tertiary/aromatic N) is 4. The standard InChI is InChI=1S/C17H12N6O2/c18-9-12-15(10-5-7-11(8-6-10)23(24)25)22-14-4-2-1-3-13(14)20-17(22)21-16(12)19/h1-8,15H,19H2,(H,20,21)/t15-/m0/s1. The van der Waals surface area contributed by atoms with Gasteiger partial charge in [0.25, 0.3) is 5.69 Å². The van der Waals surface area contributed by atoms with Crippen molar-refractivity contribution in [1.82, 2.24) is 9.55 Å². The molecule has 0 amide bonds. The third-order valence-electron chi connectivity index (χ3n) is 4.20. The topological polar surface area (TPSA) is 123 Å². The maximum Gasteiger partial charge on any atom is 0.269 e. The number of allylic oxidation sites excluding steroid dienone is 1. The van der Waals surface area contributed by atoms with E-state index < -0.39 is 11.0 Å². The number of fused-ring (bicyclic) bond motifs is 3. The van der Waals surface area contributed by atoms with Gasteiger partial charge >= 0.3 is 0 Å². The largest absolute Gasteiger partial charge is 0.384 e. The van der Waals surface area contributed by atoms with E-state index in [1.54, 1.807) is 12.1 Å². The number of nitrogens with two attached hydrogens (primary N) is 1. The van der Waals surface area contributed by atoms with Gasteiger partial charge in [-0.2, -0.15) is 5.26 Å². The number of hydrogen-bond donors (Lipinski definition) is 2. The quantitative estimate of drug-likeness (QED) is 0.549. The fourth-order valence-electron chi connectivity index (χ4n) is 3.07. The Labute approximate surface area is 142 Å². The third-order valence-corrected chi connectivity index (χ3v) is 4.20. The van der Waals surface area contributed by atoms with Crippen molar-refractivity contribution in [1.29, 1.82) is 5.26 Å². The molecule has 0 spiro atoms. The number of para-hydroxylation sites is 2. The van der Waals surface area contributed by atoms with Gasteiger partial charge in [-0.25, -0.2) is 4.98 Å². The van der Waals surface area contributed by atoms with E-state index in [9.17, 15) is 15.4 Å². The Hall–Kier alpha value is -3.86. The molecule has 0 bridgehead atoms. The van der Waals surface area contributed by atoms with Crippen molar-refractivity contribution in [3.8, 4) is 6.07 Å². The van der Waals surface area contributed by atoms with Crippen molar-refractivity contribution < 1.29 is 4.92 Å². The summed E-state index contributed by atoms with van der Waals surface area (Å²) < 4.78 is 1.88. The fraction of sp³-hybridized carbons (Fsp3) is 0.0588. The molecule has 0 saturated carbocycles. The lowest BCUT2D eigenvalue weighted by Crippen LogP contribution is -2.27. The average molecular weight is 332 g/mol. The van der Waals surface area contributed by atoms with Crippen molar-refractivity contribution in [2.45, 2.75) is 6.04 Å². The molecule has 3 N–H and O–H groups in total. The molecule has 0 radical (unpaired) electrons. The normalized spacial score (nSPS) is 16.2. The molecule has 8 heteroatoms. The first-order valence-corrected chi connectivity index (χ1v) is 7.48. The number of non-ortho nitro benzene ring substituents is 1. The van der Waals surface area contributed by atoms with Gasteiger partial charge in [-0.15, -0.1) is 0 Å². The molecule has 1 aliphatic heterocycles. The van der Waals surface area contributed by atoms with Gasteiger partial charge in [-0.05, 0) is 29.8 Å². The van der Waals surface area contributed by atoms with Crippen LogP contribution < -0.4 is 11.1 Å². The molecule has 4 rings (SSSR count). The van der Waals surface area contributed by atoms with Crippen LogP contribution in [0.2, 0.25) is 0 Å². The van der Waals surface area contributed by atoms with E-state index >= 15 is 0 Å². The van der Waals surface area contributed by atoms with E-state index in [-0.39, 0.29) is 11.5 Å². The second kappa shape index (κ2) is 5.35. The summed E-state index contributed by atoms with van der Waals surface area (Å²) in [5, 5.41) is 23.5. The van der Waals surface area contributed by atoms with Crippen molar-refractivity contribution in [2.75, 3.05) is 5.32 Å². The van der Waals surface area contributed by atoms with E-state index in [4.69, 9.17) is 5.73 Å². The monoisotopic (exact) mass is 332 g/mol. The third kappa shape index (κ3) is 2.18. The number of benzene rings is 2. The molecule has 1 atom stereocenters. The molecular formula is C17H12N6O2. The van der Waals surface area contributed by atoms with Gasteiger partial charge in [-0.3, -0.25) is 14.7 Å². The molecule has 2 heterocycles. The summed E-state index contributed by atoms with van der Waals surface area (Å²) in [5.74, 6) is 0.759. The number of hydrogen-bond acceptors (Lipinski definition) is 6. The first-order chi connectivity index (χ1) is 12.1. The predicted octanol–water partition coefficient (Wildman–Crippen LogP) is 2.65. The molecule has 0 aliphatic carbocycles. The van der Waals surface area contributed by atoms with Gasteiger partial charge in [0, 0.05) is 12.1 Å². The van der Waals surface area contributed by atoms with Crippen LogP contribution in [0, 0.1) is 21.4 Å². The van der Waals surface area contributed by atoms with Gasteiger partial charge in [-0.1, -0.05) is 12.1 Å². The van der Waals surface area contributed by atoms with Crippen molar-refractivity contribution in [3.05, 3.63) is 75.6 Å². The molecule has 0 fully saturated rings. The predicted molar refractivity (Wildman–Crippen MR) is 91.4 cm³/mol. The summed E-state index contributed by atoms with van der Waals surface area (Å²) in [5.41, 5.74) is 8.67. The van der Waals surface area contributed by atoms with E-state index in [1.807, 2.05) is 28.8 Å². The molecular weight excluding hydrogens is 320 g/mol. The number of nitro groups is 1. The maximum absolute atomic E-state index is 10.9. The Morgan fingerprint density at radius 2 is 1.96 bits per heavy atom. The number of nitriles is 1. The number of rotatable bonds is 2. The van der Waals surface area contributed by atoms with Gasteiger partial charge in [0.05, 0.1) is 21.5 Å². The summed E-state index contributed by atoms with van der Waals surface area (Å²) in [4.78, 5) is 14.9. The molecule has 122 valence electrons. The van der Waals surface area contributed by atoms with E-state index in [0.29, 0.717) is 11.5 Å². The highest BCUT2D eigenvalue weighted by molar-refractivity contribution is 5.80. The van der Waals surface area contributed by atoms with Crippen LogP contribution in [0.5, 0.6) is 0 Å². The van der Waals surface area contributed by atoms with E-state index in [2.05, 4.69) is 16.4 Å². The molecule has 25 heavy (non-hydrogen) atoms. The minimum absolute atomic E-state index is 0.0103. The molecule has 0 saturated heterocycles. The summed E-state index contributed by atoms with van der Waals surface area (Å²) in [7, 11) is 0. The molecule has 0 unspecified atom stereocenters. The number of imidazole rings is 1. The minimum Gasteiger partial charge on any atom is -0.384 e. The lowest BCUT2D eigenvalue weighted by Gasteiger charge is -2.27. The van der Waals surface area contributed by atoms with Crippen LogP contribution in [-0.2, 0) is 0 Å². The van der Waals surface area contributed by atoms with Crippen LogP contribution in [0.4, 0.5) is 11.6 Å². The summed E-state index contributed by atoms with van der Waals surface area (Å²) in [6.45, 7) is 0. The highest BCUT2D eigenvalue weighted by Crippen LogP contribution is 2.38. The van der Waals surface area contributed by atoms with Gasteiger partial charge in [0.15, 0.2) is 0 Å². The Morgan fingerprint density at radius 1 is 1.24 bits per heavy atom. The van der Waals surface area contributed by atoms with E-state index in [0.717, 1.165) is 16.6 Å². The van der Waals surface area contributed by atoms with Crippen LogP contribution in [0.3, 0.4) is 0 Å². The second-order valence-corrected chi connectivity index (χ2v) is 5.61. The first kappa shape index (κ1) is 14.7. The van der Waals surface area contributed by atoms with Gasteiger partial charge in [0.2, 0.25) is 5.95 Å². The summed E-state index contributed by atoms with van der Waals surface area (Å²) in [6.07, 6.45) is 0. The number of nitrogens with one attached hydrogen (secondary N) is 1. The minimum atomic E-state index is -0.505. The summed E-state index contributed by atoms with van der Waals surface area (Å²) in [6, 6.07) is 15.3. The number of aromatic nitrogens is 2. The van der Waals surface area contributed by atoms with Crippen LogP contribution >= 0.6 is 0 Å². The lowest BCUT2D eigenvalue weighted by atomic mass is 9.97. The van der Waals surface area contributed by atoms with Crippen molar-refractivity contribution in [3.63, 3.8) is 0 Å².